The minimum absolute atomic E-state index is 0.169. The van der Waals surface area contributed by atoms with Gasteiger partial charge in [-0.25, -0.2) is 0 Å². The molecule has 128 valence electrons. The van der Waals surface area contributed by atoms with Crippen LogP contribution in [0, 0.1) is 0 Å². The molecule has 1 unspecified atom stereocenters. The topological polar surface area (TPSA) is 70.6 Å². The third-order valence-electron chi connectivity index (χ3n) is 3.66. The molecule has 0 heterocycles. The Morgan fingerprint density at radius 1 is 1.00 bits per heavy atom. The van der Waals surface area contributed by atoms with Crippen LogP contribution in [0.5, 0.6) is 0 Å². The van der Waals surface area contributed by atoms with E-state index in [1.807, 2.05) is 81.4 Å². The maximum atomic E-state index is 11.3. The summed E-state index contributed by atoms with van der Waals surface area (Å²) in [6.07, 6.45) is 0.476. The second-order valence-electron chi connectivity index (χ2n) is 7.14. The first-order valence-corrected chi connectivity index (χ1v) is 8.18. The zero-order chi connectivity index (χ0) is 17.6. The molecule has 0 fully saturated rings. The molecular formula is C20H27N3O. The van der Waals surface area contributed by atoms with Gasteiger partial charge in [0, 0.05) is 12.0 Å². The number of benzene rings is 2. The van der Waals surface area contributed by atoms with Crippen molar-refractivity contribution in [3.8, 4) is 0 Å². The van der Waals surface area contributed by atoms with E-state index in [-0.39, 0.29) is 12.1 Å². The van der Waals surface area contributed by atoms with Crippen molar-refractivity contribution in [2.75, 3.05) is 6.54 Å². The lowest BCUT2D eigenvalue weighted by molar-refractivity contribution is 0.0467. The molecule has 4 nitrogen and oxygen atoms in total. The summed E-state index contributed by atoms with van der Waals surface area (Å²) in [5, 5.41) is 14.4. The lowest BCUT2D eigenvalue weighted by Crippen LogP contribution is -2.46. The molecule has 0 amide bonds. The minimum Gasteiger partial charge on any atom is -0.383 e. The Labute approximate surface area is 144 Å². The largest absolute Gasteiger partial charge is 0.383 e. The summed E-state index contributed by atoms with van der Waals surface area (Å²) in [7, 11) is 0. The van der Waals surface area contributed by atoms with E-state index in [1.54, 1.807) is 0 Å². The van der Waals surface area contributed by atoms with E-state index in [2.05, 4.69) is 10.3 Å². The van der Waals surface area contributed by atoms with Gasteiger partial charge in [-0.1, -0.05) is 60.7 Å². The molecule has 0 saturated carbocycles. The smallest absolute Gasteiger partial charge is 0.189 e. The number of guanidine groups is 1. The highest BCUT2D eigenvalue weighted by Gasteiger charge is 2.29. The quantitative estimate of drug-likeness (QED) is 0.585. The maximum absolute atomic E-state index is 11.3. The number of hydrogen-bond acceptors (Lipinski definition) is 2. The molecule has 0 bridgehead atoms. The monoisotopic (exact) mass is 325 g/mol. The molecule has 4 N–H and O–H groups in total. The molecular weight excluding hydrogens is 298 g/mol. The molecule has 2 aromatic carbocycles. The van der Waals surface area contributed by atoms with Crippen LogP contribution < -0.4 is 11.1 Å². The third-order valence-corrected chi connectivity index (χ3v) is 3.66. The van der Waals surface area contributed by atoms with Gasteiger partial charge in [0.1, 0.15) is 5.60 Å². The van der Waals surface area contributed by atoms with Crippen molar-refractivity contribution in [1.29, 1.82) is 0 Å². The van der Waals surface area contributed by atoms with E-state index in [0.29, 0.717) is 12.4 Å². The molecule has 24 heavy (non-hydrogen) atoms. The van der Waals surface area contributed by atoms with E-state index in [0.717, 1.165) is 11.1 Å². The summed E-state index contributed by atoms with van der Waals surface area (Å²) in [4.78, 5) is 4.39. The second kappa shape index (κ2) is 7.49. The molecule has 0 aliphatic carbocycles. The van der Waals surface area contributed by atoms with Crippen LogP contribution in [0.15, 0.2) is 65.7 Å². The van der Waals surface area contributed by atoms with E-state index in [4.69, 9.17) is 5.73 Å². The van der Waals surface area contributed by atoms with Gasteiger partial charge in [-0.15, -0.1) is 0 Å². The van der Waals surface area contributed by atoms with E-state index < -0.39 is 5.60 Å². The number of nitrogens with two attached hydrogens (primary N) is 1. The Bertz CT molecular complexity index is 662. The summed E-state index contributed by atoms with van der Waals surface area (Å²) >= 11 is 0. The van der Waals surface area contributed by atoms with Gasteiger partial charge in [0.15, 0.2) is 5.96 Å². The predicted octanol–water partition coefficient (Wildman–Crippen LogP) is 2.82. The minimum atomic E-state index is -1.10. The average Bonchev–Trinajstić information content (AvgIpc) is 2.53. The lowest BCUT2D eigenvalue weighted by Gasteiger charge is -2.28. The second-order valence-corrected chi connectivity index (χ2v) is 7.14. The number of hydrogen-bond donors (Lipinski definition) is 3. The van der Waals surface area contributed by atoms with Crippen molar-refractivity contribution >= 4 is 5.96 Å². The SMILES string of the molecule is CC(C)(C)NC(N)=NCC(O)(Cc1ccccc1)c1ccccc1. The fourth-order valence-electron chi connectivity index (χ4n) is 2.57. The van der Waals surface area contributed by atoms with E-state index >= 15 is 0 Å². The predicted molar refractivity (Wildman–Crippen MR) is 99.9 cm³/mol. The van der Waals surface area contributed by atoms with Crippen LogP contribution >= 0.6 is 0 Å². The van der Waals surface area contributed by atoms with Crippen LogP contribution in [-0.4, -0.2) is 23.1 Å². The first-order chi connectivity index (χ1) is 11.3. The normalized spacial score (nSPS) is 14.9. The van der Waals surface area contributed by atoms with Gasteiger partial charge in [0.25, 0.3) is 0 Å². The van der Waals surface area contributed by atoms with Crippen molar-refractivity contribution in [2.45, 2.75) is 38.3 Å². The number of nitrogens with zero attached hydrogens (tertiary/aromatic N) is 1. The first-order valence-electron chi connectivity index (χ1n) is 8.18. The van der Waals surface area contributed by atoms with Crippen LogP contribution in [0.3, 0.4) is 0 Å². The molecule has 0 aliphatic rings. The first kappa shape index (κ1) is 18.0. The van der Waals surface area contributed by atoms with Gasteiger partial charge in [-0.2, -0.15) is 0 Å². The average molecular weight is 325 g/mol. The fraction of sp³-hybridized carbons (Fsp3) is 0.350. The molecule has 0 aromatic heterocycles. The van der Waals surface area contributed by atoms with Gasteiger partial charge < -0.3 is 16.2 Å². The standard InChI is InChI=1S/C20H27N3O/c1-19(2,3)23-18(21)22-15-20(24,17-12-8-5-9-13-17)14-16-10-6-4-7-11-16/h4-13,24H,14-15H2,1-3H3,(H3,21,22,23). The van der Waals surface area contributed by atoms with Crippen LogP contribution in [0.25, 0.3) is 0 Å². The van der Waals surface area contributed by atoms with E-state index in [1.165, 1.54) is 0 Å². The molecule has 1 atom stereocenters. The van der Waals surface area contributed by atoms with Gasteiger partial charge >= 0.3 is 0 Å². The number of aliphatic hydroxyl groups is 1. The van der Waals surface area contributed by atoms with Gasteiger partial charge in [-0.3, -0.25) is 4.99 Å². The van der Waals surface area contributed by atoms with Crippen molar-refractivity contribution in [3.63, 3.8) is 0 Å². The molecule has 2 aromatic rings. The molecule has 0 aliphatic heterocycles. The van der Waals surface area contributed by atoms with Crippen LogP contribution in [-0.2, 0) is 12.0 Å². The highest BCUT2D eigenvalue weighted by atomic mass is 16.3. The van der Waals surface area contributed by atoms with E-state index in [9.17, 15) is 5.11 Å². The molecule has 2 rings (SSSR count). The van der Waals surface area contributed by atoms with Crippen molar-refractivity contribution in [1.82, 2.24) is 5.32 Å². The Morgan fingerprint density at radius 2 is 1.54 bits per heavy atom. The number of aliphatic imine (C=N–C) groups is 1. The summed E-state index contributed by atoms with van der Waals surface area (Å²) in [6, 6.07) is 19.6. The van der Waals surface area contributed by atoms with Crippen molar-refractivity contribution in [2.24, 2.45) is 10.7 Å². The Kier molecular flexibility index (Phi) is 5.62. The van der Waals surface area contributed by atoms with Gasteiger partial charge in [-0.05, 0) is 31.9 Å². The number of nitrogens with one attached hydrogen (secondary N) is 1. The van der Waals surface area contributed by atoms with Crippen LogP contribution in [0.1, 0.15) is 31.9 Å². The Hall–Kier alpha value is -2.33. The zero-order valence-corrected chi connectivity index (χ0v) is 14.7. The highest BCUT2D eigenvalue weighted by molar-refractivity contribution is 5.78. The summed E-state index contributed by atoms with van der Waals surface area (Å²) in [5.41, 5.74) is 6.58. The van der Waals surface area contributed by atoms with Gasteiger partial charge in [0.05, 0.1) is 6.54 Å². The van der Waals surface area contributed by atoms with Crippen molar-refractivity contribution < 1.29 is 5.11 Å². The lowest BCUT2D eigenvalue weighted by atomic mass is 9.87. The highest BCUT2D eigenvalue weighted by Crippen LogP contribution is 2.26. The number of rotatable bonds is 5. The fourth-order valence-corrected chi connectivity index (χ4v) is 2.57. The maximum Gasteiger partial charge on any atom is 0.189 e. The molecule has 0 spiro atoms. The van der Waals surface area contributed by atoms with Crippen LogP contribution in [0.2, 0.25) is 0 Å². The van der Waals surface area contributed by atoms with Crippen LogP contribution in [0.4, 0.5) is 0 Å². The van der Waals surface area contributed by atoms with Gasteiger partial charge in [0.2, 0.25) is 0 Å². The summed E-state index contributed by atoms with van der Waals surface area (Å²) in [5.74, 6) is 0.338. The molecule has 4 heteroatoms. The summed E-state index contributed by atoms with van der Waals surface area (Å²) < 4.78 is 0. The molecule has 0 radical (unpaired) electrons. The van der Waals surface area contributed by atoms with Crippen molar-refractivity contribution in [3.05, 3.63) is 71.8 Å². The zero-order valence-electron chi connectivity index (χ0n) is 14.7. The Balaban J connectivity index is 2.25. The Morgan fingerprint density at radius 3 is 2.08 bits per heavy atom. The third kappa shape index (κ3) is 5.39. The molecule has 0 saturated heterocycles. The summed E-state index contributed by atoms with van der Waals surface area (Å²) in [6.45, 7) is 6.25.